The Kier molecular flexibility index (Phi) is 6.67. The number of thiophene rings is 1. The largest absolute Gasteiger partial charge is 0.338 e. The highest BCUT2D eigenvalue weighted by atomic mass is 32.2. The number of piperidine rings is 1. The Morgan fingerprint density at radius 3 is 2.35 bits per heavy atom. The fraction of sp³-hybridized carbons (Fsp3) is 0.304. The molecule has 1 N–H and O–H groups in total. The van der Waals surface area contributed by atoms with Crippen LogP contribution in [0.15, 0.2) is 57.9 Å². The van der Waals surface area contributed by atoms with Gasteiger partial charge in [0.2, 0.25) is 5.91 Å². The quantitative estimate of drug-likeness (QED) is 0.563. The van der Waals surface area contributed by atoms with E-state index in [0.29, 0.717) is 25.9 Å². The summed E-state index contributed by atoms with van der Waals surface area (Å²) in [5.41, 5.74) is 2.66. The fourth-order valence-electron chi connectivity index (χ4n) is 3.60. The first-order valence-corrected chi connectivity index (χ1v) is 11.9. The Labute approximate surface area is 190 Å². The van der Waals surface area contributed by atoms with Crippen molar-refractivity contribution in [1.82, 2.24) is 14.9 Å². The van der Waals surface area contributed by atoms with Gasteiger partial charge in [0.05, 0.1) is 4.88 Å². The van der Waals surface area contributed by atoms with E-state index in [1.807, 2.05) is 66.6 Å². The number of nitrogens with zero attached hydrogens (tertiary/aromatic N) is 3. The second-order valence-corrected chi connectivity index (χ2v) is 9.58. The number of nitrogens with one attached hydrogen (secondary N) is 1. The van der Waals surface area contributed by atoms with Crippen LogP contribution in [0.4, 0.5) is 5.69 Å². The summed E-state index contributed by atoms with van der Waals surface area (Å²) < 4.78 is 0. The molecule has 8 heteroatoms. The van der Waals surface area contributed by atoms with Crippen LogP contribution in [0, 0.1) is 19.8 Å². The number of aryl methyl sites for hydroxylation is 2. The van der Waals surface area contributed by atoms with Crippen LogP contribution >= 0.6 is 23.1 Å². The summed E-state index contributed by atoms with van der Waals surface area (Å²) in [6.07, 6.45) is 1.36. The van der Waals surface area contributed by atoms with Crippen LogP contribution in [-0.2, 0) is 4.79 Å². The highest BCUT2D eigenvalue weighted by Gasteiger charge is 2.28. The number of carbonyl (C=O) groups is 2. The van der Waals surface area contributed by atoms with E-state index in [9.17, 15) is 9.59 Å². The van der Waals surface area contributed by atoms with Crippen LogP contribution in [0.5, 0.6) is 0 Å². The molecule has 4 rings (SSSR count). The third kappa shape index (κ3) is 5.51. The third-order valence-corrected chi connectivity index (χ3v) is 6.91. The molecule has 1 saturated heterocycles. The zero-order chi connectivity index (χ0) is 21.8. The van der Waals surface area contributed by atoms with Crippen molar-refractivity contribution in [3.05, 3.63) is 64.1 Å². The van der Waals surface area contributed by atoms with Crippen molar-refractivity contribution in [3.63, 3.8) is 0 Å². The maximum Gasteiger partial charge on any atom is 0.263 e. The van der Waals surface area contributed by atoms with Crippen molar-refractivity contribution in [3.8, 4) is 0 Å². The molecule has 3 aromatic rings. The maximum absolute atomic E-state index is 12.7. The Balaban J connectivity index is 1.29. The highest BCUT2D eigenvalue weighted by molar-refractivity contribution is 7.99. The van der Waals surface area contributed by atoms with Crippen molar-refractivity contribution < 1.29 is 9.59 Å². The molecule has 0 bridgehead atoms. The van der Waals surface area contributed by atoms with Crippen LogP contribution in [0.3, 0.4) is 0 Å². The number of hydrogen-bond donors (Lipinski definition) is 1. The summed E-state index contributed by atoms with van der Waals surface area (Å²) in [4.78, 5) is 37.7. The first kappa shape index (κ1) is 21.5. The molecule has 0 aliphatic carbocycles. The monoisotopic (exact) mass is 452 g/mol. The van der Waals surface area contributed by atoms with Gasteiger partial charge in [-0.2, -0.15) is 0 Å². The molecule has 0 atom stereocenters. The summed E-state index contributed by atoms with van der Waals surface area (Å²) in [5.74, 6) is 0.00102. The van der Waals surface area contributed by atoms with Crippen LogP contribution < -0.4 is 5.32 Å². The first-order chi connectivity index (χ1) is 15.0. The van der Waals surface area contributed by atoms with Gasteiger partial charge in [-0.15, -0.1) is 11.3 Å². The Morgan fingerprint density at radius 1 is 1.06 bits per heavy atom. The van der Waals surface area contributed by atoms with Gasteiger partial charge in [0.25, 0.3) is 5.91 Å². The summed E-state index contributed by atoms with van der Waals surface area (Å²) in [6, 6.07) is 13.4. The van der Waals surface area contributed by atoms with E-state index in [4.69, 9.17) is 0 Å². The van der Waals surface area contributed by atoms with Gasteiger partial charge in [-0.25, -0.2) is 9.97 Å². The van der Waals surface area contributed by atoms with E-state index in [1.165, 1.54) is 23.1 Å². The molecule has 31 heavy (non-hydrogen) atoms. The summed E-state index contributed by atoms with van der Waals surface area (Å²) >= 11 is 2.96. The lowest BCUT2D eigenvalue weighted by Gasteiger charge is -2.31. The molecule has 6 nitrogen and oxygen atoms in total. The second-order valence-electron chi connectivity index (χ2n) is 7.59. The van der Waals surface area contributed by atoms with E-state index >= 15 is 0 Å². The molecule has 1 aromatic carbocycles. The second kappa shape index (κ2) is 9.62. The number of carbonyl (C=O) groups excluding carboxylic acids is 2. The lowest BCUT2D eigenvalue weighted by Crippen LogP contribution is -2.41. The van der Waals surface area contributed by atoms with Crippen molar-refractivity contribution >= 4 is 40.6 Å². The molecule has 0 spiro atoms. The molecule has 2 amide bonds. The van der Waals surface area contributed by atoms with Crippen molar-refractivity contribution in [2.24, 2.45) is 5.92 Å². The molecule has 3 heterocycles. The zero-order valence-electron chi connectivity index (χ0n) is 17.5. The molecule has 0 saturated carbocycles. The predicted molar refractivity (Wildman–Crippen MR) is 124 cm³/mol. The maximum atomic E-state index is 12.7. The summed E-state index contributed by atoms with van der Waals surface area (Å²) in [7, 11) is 0. The number of likely N-dealkylation sites (tertiary alicyclic amines) is 1. The van der Waals surface area contributed by atoms with E-state index < -0.39 is 0 Å². The minimum atomic E-state index is -0.0786. The Morgan fingerprint density at radius 2 is 1.74 bits per heavy atom. The predicted octanol–water partition coefficient (Wildman–Crippen LogP) is 4.80. The van der Waals surface area contributed by atoms with Crippen LogP contribution in [0.25, 0.3) is 0 Å². The highest BCUT2D eigenvalue weighted by Crippen LogP contribution is 2.27. The van der Waals surface area contributed by atoms with Gasteiger partial charge >= 0.3 is 0 Å². The topological polar surface area (TPSA) is 75.2 Å². The number of aromatic nitrogens is 2. The number of benzene rings is 1. The van der Waals surface area contributed by atoms with Gasteiger partial charge in [-0.05, 0) is 80.2 Å². The average Bonchev–Trinajstić information content (AvgIpc) is 3.29. The average molecular weight is 453 g/mol. The summed E-state index contributed by atoms with van der Waals surface area (Å²) in [6.45, 7) is 5.14. The molecule has 1 fully saturated rings. The Bertz CT molecular complexity index is 1040. The van der Waals surface area contributed by atoms with E-state index in [2.05, 4.69) is 15.3 Å². The molecular weight excluding hydrogens is 428 g/mol. The number of anilines is 1. The Hall–Kier alpha value is -2.71. The smallest absolute Gasteiger partial charge is 0.263 e. The van der Waals surface area contributed by atoms with Crippen LogP contribution in [-0.4, -0.2) is 39.8 Å². The number of rotatable bonds is 5. The van der Waals surface area contributed by atoms with Crippen molar-refractivity contribution in [2.45, 2.75) is 36.7 Å². The molecule has 2 aromatic heterocycles. The molecule has 0 unspecified atom stereocenters. The minimum Gasteiger partial charge on any atom is -0.338 e. The molecule has 1 aliphatic rings. The van der Waals surface area contributed by atoms with E-state index in [0.717, 1.165) is 32.0 Å². The number of hydrogen-bond acceptors (Lipinski definition) is 6. The first-order valence-electron chi connectivity index (χ1n) is 10.2. The lowest BCUT2D eigenvalue weighted by atomic mass is 9.95. The lowest BCUT2D eigenvalue weighted by molar-refractivity contribution is -0.121. The van der Waals surface area contributed by atoms with Gasteiger partial charge in [0.15, 0.2) is 5.16 Å². The zero-order valence-corrected chi connectivity index (χ0v) is 19.1. The standard InChI is InChI=1S/C23H24N4O2S2/c1-15-14-16(2)25-23(24-15)31-19-7-5-18(6-8-19)26-21(28)17-9-11-27(12-10-17)22(29)20-4-3-13-30-20/h3-8,13-14,17H,9-12H2,1-2H3,(H,26,28). The minimum absolute atomic E-state index is 0.0151. The third-order valence-electron chi connectivity index (χ3n) is 5.18. The van der Waals surface area contributed by atoms with E-state index in [-0.39, 0.29) is 17.7 Å². The summed E-state index contributed by atoms with van der Waals surface area (Å²) in [5, 5.41) is 5.64. The van der Waals surface area contributed by atoms with Gasteiger partial charge in [0.1, 0.15) is 0 Å². The fourth-order valence-corrected chi connectivity index (χ4v) is 5.15. The van der Waals surface area contributed by atoms with Gasteiger partial charge < -0.3 is 10.2 Å². The number of amides is 2. The molecular formula is C23H24N4O2S2. The molecule has 1 aliphatic heterocycles. The van der Waals surface area contributed by atoms with Gasteiger partial charge in [-0.3, -0.25) is 9.59 Å². The van der Waals surface area contributed by atoms with Crippen molar-refractivity contribution in [1.29, 1.82) is 0 Å². The van der Waals surface area contributed by atoms with Crippen molar-refractivity contribution in [2.75, 3.05) is 18.4 Å². The van der Waals surface area contributed by atoms with Crippen LogP contribution in [0.1, 0.15) is 33.9 Å². The van der Waals surface area contributed by atoms with Crippen LogP contribution in [0.2, 0.25) is 0 Å². The van der Waals surface area contributed by atoms with Gasteiger partial charge in [-0.1, -0.05) is 6.07 Å². The molecule has 0 radical (unpaired) electrons. The van der Waals surface area contributed by atoms with Gasteiger partial charge in [0, 0.05) is 41.0 Å². The van der Waals surface area contributed by atoms with E-state index in [1.54, 1.807) is 0 Å². The SMILES string of the molecule is Cc1cc(C)nc(Sc2ccc(NC(=O)C3CCN(C(=O)c4cccs4)CC3)cc2)n1. The normalized spacial score (nSPS) is 14.5. The molecule has 160 valence electrons.